The van der Waals surface area contributed by atoms with E-state index in [1.54, 1.807) is 18.3 Å². The van der Waals surface area contributed by atoms with Gasteiger partial charge in [0, 0.05) is 70.2 Å². The molecule has 0 spiro atoms. The number of alkyl halides is 2. The Kier molecular flexibility index (Phi) is 35.0. The maximum atomic E-state index is 10.0. The monoisotopic (exact) mass is 1570 g/mol. The van der Waals surface area contributed by atoms with Crippen LogP contribution in [0.5, 0.6) is 0 Å². The second-order valence-electron chi connectivity index (χ2n) is 29.6. The lowest BCUT2D eigenvalue weighted by atomic mass is 9.91. The number of ketones is 1. The Morgan fingerprint density at radius 1 is 0.510 bits per heavy atom. The van der Waals surface area contributed by atoms with E-state index in [2.05, 4.69) is 309 Å². The molecule has 0 aliphatic carbocycles. The third-order valence-corrected chi connectivity index (χ3v) is 23.6. The molecule has 9 rings (SSSR count). The molecule has 0 amide bonds. The fourth-order valence-electron chi connectivity index (χ4n) is 12.2. The Bertz CT molecular complexity index is 3940. The number of carbonyl (C=O) groups is 1. The van der Waals surface area contributed by atoms with Crippen molar-refractivity contribution >= 4 is 100 Å². The number of para-hydroxylation sites is 5. The zero-order chi connectivity index (χ0) is 87.6. The number of allylic oxidation sites excluding steroid dienone is 4. The lowest BCUT2D eigenvalue weighted by Gasteiger charge is -2.34. The first kappa shape index (κ1) is 85.8. The van der Waals surface area contributed by atoms with Gasteiger partial charge < -0.3 is 32.8 Å². The first-order valence-electron chi connectivity index (χ1n) is 40.9. The molecule has 0 saturated heterocycles. The van der Waals surface area contributed by atoms with E-state index in [1.807, 2.05) is 34.9 Å². The van der Waals surface area contributed by atoms with Crippen molar-refractivity contribution in [1.29, 1.82) is 0 Å². The normalized spacial score (nSPS) is 14.4. The van der Waals surface area contributed by atoms with Gasteiger partial charge in [0.2, 0.25) is 11.2 Å². The van der Waals surface area contributed by atoms with E-state index in [0.29, 0.717) is 59.2 Å². The van der Waals surface area contributed by atoms with Crippen LogP contribution in [0.2, 0.25) is 0 Å². The molecule has 2 aliphatic heterocycles. The third kappa shape index (κ3) is 24.5. The number of Topliss-reactive ketones (excluding diaryl/α,β-unsaturated/α-hetero) is 1. The van der Waals surface area contributed by atoms with E-state index in [-0.39, 0.29) is 21.4 Å². The number of nitrogens with two attached hydrogens (primary N) is 1. The quantitative estimate of drug-likeness (QED) is 0.0274. The Balaban J connectivity index is -0.000000449. The fraction of sp³-hybridized carbons (Fsp3) is 0.500. The lowest BCUT2D eigenvalue weighted by Crippen LogP contribution is -2.34. The first-order chi connectivity index (χ1) is 52.2. The highest BCUT2D eigenvalue weighted by molar-refractivity contribution is 8.10. The Hall–Kier alpha value is -5.43. The molecule has 0 fully saturated rings. The van der Waals surface area contributed by atoms with Crippen molar-refractivity contribution in [1.82, 2.24) is 4.57 Å². The summed E-state index contributed by atoms with van der Waals surface area (Å²) in [5.74, 6) is 4.88. The predicted octanol–water partition coefficient (Wildman–Crippen LogP) is 31.4. The van der Waals surface area contributed by atoms with E-state index in [1.165, 1.54) is 138 Å². The van der Waals surface area contributed by atoms with Gasteiger partial charge in [-0.05, 0) is 178 Å². The largest absolute Gasteiger partial charge is 0.673 e. The molecule has 1 atom stereocenters. The maximum Gasteiger partial charge on any atom is 0.673 e. The molecule has 7 aromatic rings. The van der Waals surface area contributed by atoms with Gasteiger partial charge in [0.05, 0.1) is 35.8 Å². The summed E-state index contributed by atoms with van der Waals surface area (Å²) in [5.41, 5.74) is 34.0. The zero-order valence-electron chi connectivity index (χ0n) is 76.5. The number of hydrogen-bond acceptors (Lipinski definition) is 9. The smallest absolute Gasteiger partial charge is 0.418 e. The van der Waals surface area contributed by atoms with E-state index in [0.717, 1.165) is 9.64 Å². The van der Waals surface area contributed by atoms with Gasteiger partial charge in [0.1, 0.15) is 15.8 Å². The average molecular weight is 1570 g/mol. The van der Waals surface area contributed by atoms with Crippen molar-refractivity contribution in [3.8, 4) is 11.4 Å². The van der Waals surface area contributed by atoms with Crippen LogP contribution in [0.1, 0.15) is 340 Å². The molecule has 104 heavy (non-hydrogen) atoms. The van der Waals surface area contributed by atoms with Gasteiger partial charge in [-0.2, -0.15) is 4.57 Å². The third-order valence-electron chi connectivity index (χ3n) is 18.5. The van der Waals surface area contributed by atoms with Crippen LogP contribution in [-0.4, -0.2) is 30.1 Å². The van der Waals surface area contributed by atoms with Crippen molar-refractivity contribution in [2.75, 3.05) is 22.7 Å². The van der Waals surface area contributed by atoms with Gasteiger partial charge in [-0.3, -0.25) is 13.8 Å². The molecule has 2 N–H and O–H groups in total. The van der Waals surface area contributed by atoms with Crippen LogP contribution >= 0.6 is 70.0 Å². The van der Waals surface area contributed by atoms with Crippen LogP contribution < -0.4 is 20.1 Å². The lowest BCUT2D eigenvalue weighted by molar-refractivity contribution is -0.598. The van der Waals surface area contributed by atoms with Crippen LogP contribution in [-0.2, 0) is 4.79 Å². The van der Waals surface area contributed by atoms with Crippen molar-refractivity contribution < 1.29 is 47.1 Å². The highest BCUT2D eigenvalue weighted by atomic mass is 35.5. The molecule has 2 aromatic heterocycles. The highest BCUT2D eigenvalue weighted by Crippen LogP contribution is 2.57. The molecule has 588 valence electrons. The number of benzene rings is 5. The minimum absolute atomic E-state index is 0. The van der Waals surface area contributed by atoms with Gasteiger partial charge in [-0.25, -0.2) is 0 Å². The number of halogens is 6. The van der Waals surface area contributed by atoms with Crippen molar-refractivity contribution in [3.05, 3.63) is 208 Å². The average Bonchev–Trinajstić information content (AvgIpc) is 1.59. The van der Waals surface area contributed by atoms with Gasteiger partial charge in [0.25, 0.3) is 0 Å². The maximum absolute atomic E-state index is 10.0. The van der Waals surface area contributed by atoms with E-state index in [9.17, 15) is 26.4 Å². The summed E-state index contributed by atoms with van der Waals surface area (Å²) < 4.78 is 100. The summed E-state index contributed by atoms with van der Waals surface area (Å²) in [6, 6.07) is 33.5. The Morgan fingerprint density at radius 2 is 0.760 bits per heavy atom. The second kappa shape index (κ2) is 42.4. The van der Waals surface area contributed by atoms with E-state index < -0.39 is 14.4 Å². The van der Waals surface area contributed by atoms with Crippen molar-refractivity contribution in [3.63, 3.8) is 0 Å². The number of rotatable bonds is 15. The number of nitrogen functional groups attached to an aromatic ring is 1. The minimum Gasteiger partial charge on any atom is -0.418 e. The SMILES string of the molecule is C.CC(=O)C(C)Cl.CC(C)c1cccc(C(C)C)c1N.CC1=C(C)N(c2c(C(C)C)cccc2C(C)C)/C(=C2\SC(C)=C(C)N2c2c(C(C)C)cccc2C(C)C)S1.Cc1sc(=S)n(-c2c(C(C)C)cccc2C(C)C)c1C.Cc1sc[n+](-c2c(C(C)C)cccc2C(C)C)c1C.F[B-](F)(F)F.[2HH].[2HH].[2H]CF.[2H][2H].[2H][2H].[2H][2H].[2H][2H]. The summed E-state index contributed by atoms with van der Waals surface area (Å²) in [5, 5.41) is 2.36. The van der Waals surface area contributed by atoms with E-state index >= 15 is 0 Å². The summed E-state index contributed by atoms with van der Waals surface area (Å²) in [6.45, 7) is 66.4. The van der Waals surface area contributed by atoms with Gasteiger partial charge in [0.15, 0.2) is 9.65 Å². The van der Waals surface area contributed by atoms with Crippen LogP contribution in [0.4, 0.5) is 38.7 Å². The van der Waals surface area contributed by atoms with Crippen LogP contribution in [0, 0.1) is 31.6 Å². The number of nitrogens with zero attached hydrogens (tertiary/aromatic N) is 4. The molecular formula is C86H138BClF5N5OS5. The number of aromatic nitrogens is 2. The van der Waals surface area contributed by atoms with Crippen LogP contribution in [0.25, 0.3) is 11.4 Å². The molecule has 4 heterocycles. The standard InChI is InChI=1S/C34H46N2S2.C17H23NS2.C17H24NS.C12H19N.C4H7ClO.CH3F.CH4.BF4.6H2/c1-19(2)27-15-13-16-28(20(3)4)31(27)35-23(9)25(11)37-33(35)34-36(24(10)26(12)38-34)32-29(21(5)6)17-14-18-30(32)22(7)8;1-10(2)14-8-7-9-15(11(3)4)16(14)18-12(5)13(6)20-17(18)19;1-11(2)15-8-7-9-16(12(3)4)17(15)18-10-19-14(6)13(18)5;1-8(2)10-6-5-7-11(9(3)4)12(10)13;1-3(5)4(2)6;1-2;;2-1(3,4)5;;;;;;/h13-22H,1-12H3;7-11H,1-6H3;7-12H,1-6H3;5-9H,13H2,1-4H3;3H,1-2H3;1H3;1H4;;6*1H/q;;+1;;;;;-1;;;;;;/b34-33+;;;;;;;;;;;;;/i;;;;;1D;;;4*1+1D;2*1+1. The van der Waals surface area contributed by atoms with E-state index in [4.69, 9.17) is 42.8 Å². The number of hydrogen-bond donors (Lipinski definition) is 1. The molecule has 18 heteroatoms. The number of thioether (sulfide) groups is 2. The molecular weight excluding hydrogens is 1420 g/mol. The summed E-state index contributed by atoms with van der Waals surface area (Å²) in [4.78, 5) is 20.7. The number of anilines is 3. The Morgan fingerprint density at radius 3 is 0.981 bits per heavy atom. The molecule has 6 nitrogen and oxygen atoms in total. The number of thiazole rings is 2. The van der Waals surface area contributed by atoms with Gasteiger partial charge in [-0.1, -0.05) is 272 Å². The summed E-state index contributed by atoms with van der Waals surface area (Å²) >= 11 is 18.3. The number of aryl methyl sites for hydroxylation is 2. The van der Waals surface area contributed by atoms with Crippen LogP contribution in [0.3, 0.4) is 0 Å². The second-order valence-corrected chi connectivity index (χ2v) is 35.6. The van der Waals surface area contributed by atoms with Gasteiger partial charge in [-0.15, -0.1) is 22.9 Å². The van der Waals surface area contributed by atoms with Crippen molar-refractivity contribution in [2.24, 2.45) is 0 Å². The zero-order valence-corrected chi connectivity index (χ0v) is 72.3. The molecule has 0 saturated carbocycles. The molecule has 5 aromatic carbocycles. The fourth-order valence-corrected chi connectivity index (χ4v) is 16.7. The summed E-state index contributed by atoms with van der Waals surface area (Å²) in [6.07, 6.45) is 0. The van der Waals surface area contributed by atoms with Gasteiger partial charge >= 0.3 is 7.25 Å². The van der Waals surface area contributed by atoms with Crippen molar-refractivity contribution in [2.45, 2.75) is 280 Å². The molecule has 0 bridgehead atoms. The summed E-state index contributed by atoms with van der Waals surface area (Å²) in [7, 11) is -7.00. The minimum atomic E-state index is -6.00. The first-order valence-corrected chi connectivity index (χ1v) is 40.4. The highest BCUT2D eigenvalue weighted by Gasteiger charge is 2.39. The van der Waals surface area contributed by atoms with Crippen LogP contribution in [0.15, 0.2) is 128 Å². The Labute approximate surface area is 669 Å². The molecule has 0 radical (unpaired) electrons. The molecule has 2 aliphatic rings. The molecule has 1 unspecified atom stereocenters. The predicted molar refractivity (Wildman–Crippen MR) is 470 cm³/mol. The number of carbonyl (C=O) groups excluding carboxylic acids is 1. The topological polar surface area (TPSA) is 58.4 Å².